The number of nitrogens with zero attached hydrogens (tertiary/aromatic N) is 3. The average Bonchev–Trinajstić information content (AvgIpc) is 2.64. The maximum Gasteiger partial charge on any atom is 0.275 e. The van der Waals surface area contributed by atoms with Gasteiger partial charge >= 0.3 is 0 Å². The normalized spacial score (nSPS) is 11.1. The Labute approximate surface area is 103 Å². The summed E-state index contributed by atoms with van der Waals surface area (Å²) < 4.78 is 2.31. The molecule has 90 valence electrons. The Bertz CT molecular complexity index is 651. The second kappa shape index (κ2) is 4.25. The van der Waals surface area contributed by atoms with Crippen LogP contribution >= 0.6 is 12.2 Å². The van der Waals surface area contributed by atoms with Crippen LogP contribution in [0.25, 0.3) is 11.4 Å². The molecule has 7 heteroatoms. The molecule has 0 unspecified atom stereocenters. The van der Waals surface area contributed by atoms with Crippen molar-refractivity contribution in [1.29, 1.82) is 0 Å². The molecule has 0 atom stereocenters. The van der Waals surface area contributed by atoms with Crippen molar-refractivity contribution in [2.75, 3.05) is 0 Å². The lowest BCUT2D eigenvalue weighted by Crippen LogP contribution is -2.15. The fourth-order valence-corrected chi connectivity index (χ4v) is 1.99. The van der Waals surface area contributed by atoms with E-state index in [1.807, 2.05) is 13.8 Å². The van der Waals surface area contributed by atoms with Crippen molar-refractivity contribution >= 4 is 12.2 Å². The molecule has 0 bridgehead atoms. The van der Waals surface area contributed by atoms with E-state index in [1.165, 1.54) is 0 Å². The summed E-state index contributed by atoms with van der Waals surface area (Å²) in [5.74, 6) is 0.539. The van der Waals surface area contributed by atoms with Gasteiger partial charge in [0, 0.05) is 6.04 Å². The topological polar surface area (TPSA) is 79.4 Å². The van der Waals surface area contributed by atoms with Crippen molar-refractivity contribution in [2.24, 2.45) is 0 Å². The number of aryl methyl sites for hydroxylation is 1. The van der Waals surface area contributed by atoms with Crippen molar-refractivity contribution in [2.45, 2.75) is 26.8 Å². The van der Waals surface area contributed by atoms with Gasteiger partial charge in [0.2, 0.25) is 0 Å². The molecule has 2 N–H and O–H groups in total. The summed E-state index contributed by atoms with van der Waals surface area (Å²) in [6.45, 7) is 5.77. The van der Waals surface area contributed by atoms with Crippen LogP contribution in [0.3, 0.4) is 0 Å². The molecular weight excluding hydrogens is 238 g/mol. The Morgan fingerprint density at radius 1 is 1.35 bits per heavy atom. The van der Waals surface area contributed by atoms with Crippen molar-refractivity contribution in [3.8, 4) is 11.4 Å². The number of hydrogen-bond acceptors (Lipinski definition) is 4. The highest BCUT2D eigenvalue weighted by atomic mass is 32.1. The number of hydrogen-bond donors (Lipinski definition) is 2. The number of aromatic nitrogens is 5. The molecule has 0 aliphatic heterocycles. The second-order valence-corrected chi connectivity index (χ2v) is 4.45. The zero-order valence-electron chi connectivity index (χ0n) is 9.81. The summed E-state index contributed by atoms with van der Waals surface area (Å²) in [6, 6.07) is 1.83. The molecule has 0 amide bonds. The predicted molar refractivity (Wildman–Crippen MR) is 66.4 cm³/mol. The van der Waals surface area contributed by atoms with Crippen LogP contribution in [0.2, 0.25) is 0 Å². The third-order valence-electron chi connectivity index (χ3n) is 2.39. The SMILES string of the molecule is Cc1cc(-c2n[nH]c(=S)n2C(C)C)c(=O)[nH]n1. The Morgan fingerprint density at radius 2 is 2.06 bits per heavy atom. The van der Waals surface area contributed by atoms with Gasteiger partial charge in [-0.25, -0.2) is 5.10 Å². The molecule has 0 spiro atoms. The van der Waals surface area contributed by atoms with Crippen LogP contribution in [-0.2, 0) is 0 Å². The number of aromatic amines is 2. The Hall–Kier alpha value is -1.76. The van der Waals surface area contributed by atoms with Crippen LogP contribution in [0, 0.1) is 11.7 Å². The molecule has 0 aromatic carbocycles. The van der Waals surface area contributed by atoms with Crippen molar-refractivity contribution in [1.82, 2.24) is 25.0 Å². The van der Waals surface area contributed by atoms with Crippen molar-refractivity contribution in [3.63, 3.8) is 0 Å². The van der Waals surface area contributed by atoms with E-state index in [1.54, 1.807) is 17.6 Å². The molecule has 2 aromatic rings. The Balaban J connectivity index is 2.73. The van der Waals surface area contributed by atoms with Gasteiger partial charge in [0.25, 0.3) is 5.56 Å². The molecule has 0 aliphatic rings. The maximum absolute atomic E-state index is 11.7. The van der Waals surface area contributed by atoms with Crippen LogP contribution in [0.5, 0.6) is 0 Å². The van der Waals surface area contributed by atoms with E-state index in [2.05, 4.69) is 20.4 Å². The van der Waals surface area contributed by atoms with E-state index in [9.17, 15) is 4.79 Å². The standard InChI is InChI=1S/C10H13N5OS/c1-5(2)15-8(12-14-10(15)17)7-4-6(3)11-13-9(7)16/h4-5H,1-3H3,(H,13,16)(H,14,17). The molecular formula is C10H13N5OS. The van der Waals surface area contributed by atoms with Crippen LogP contribution in [-0.4, -0.2) is 25.0 Å². The lowest BCUT2D eigenvalue weighted by molar-refractivity contribution is 0.596. The number of H-pyrrole nitrogens is 2. The molecule has 0 fully saturated rings. The quantitative estimate of drug-likeness (QED) is 0.794. The molecule has 0 saturated carbocycles. The van der Waals surface area contributed by atoms with Gasteiger partial charge in [-0.05, 0) is 39.1 Å². The summed E-state index contributed by atoms with van der Waals surface area (Å²) in [4.78, 5) is 11.7. The highest BCUT2D eigenvalue weighted by Gasteiger charge is 2.14. The highest BCUT2D eigenvalue weighted by molar-refractivity contribution is 7.71. The monoisotopic (exact) mass is 251 g/mol. The van der Waals surface area contributed by atoms with Crippen molar-refractivity contribution < 1.29 is 0 Å². The minimum Gasteiger partial charge on any atom is -0.297 e. The van der Waals surface area contributed by atoms with Gasteiger partial charge in [0.05, 0.1) is 11.3 Å². The summed E-state index contributed by atoms with van der Waals surface area (Å²) in [5.41, 5.74) is 0.925. The molecule has 17 heavy (non-hydrogen) atoms. The van der Waals surface area contributed by atoms with Crippen molar-refractivity contribution in [3.05, 3.63) is 26.9 Å². The van der Waals surface area contributed by atoms with Crippen LogP contribution < -0.4 is 5.56 Å². The van der Waals surface area contributed by atoms with Gasteiger partial charge in [0.1, 0.15) is 0 Å². The average molecular weight is 251 g/mol. The third kappa shape index (κ3) is 2.05. The van der Waals surface area contributed by atoms with Crippen LogP contribution in [0.4, 0.5) is 0 Å². The number of rotatable bonds is 2. The fraction of sp³-hybridized carbons (Fsp3) is 0.400. The van der Waals surface area contributed by atoms with E-state index in [4.69, 9.17) is 12.2 Å². The van der Waals surface area contributed by atoms with E-state index >= 15 is 0 Å². The van der Waals surface area contributed by atoms with E-state index in [0.717, 1.165) is 5.69 Å². The Morgan fingerprint density at radius 3 is 2.71 bits per heavy atom. The second-order valence-electron chi connectivity index (χ2n) is 4.07. The minimum atomic E-state index is -0.272. The first-order valence-electron chi connectivity index (χ1n) is 5.24. The molecule has 2 aromatic heterocycles. The summed E-state index contributed by atoms with van der Waals surface area (Å²) in [5, 5.41) is 13.1. The van der Waals surface area contributed by atoms with E-state index in [0.29, 0.717) is 16.2 Å². The molecule has 0 saturated heterocycles. The summed E-state index contributed by atoms with van der Waals surface area (Å²) in [6.07, 6.45) is 0. The first kappa shape index (κ1) is 11.7. The first-order valence-corrected chi connectivity index (χ1v) is 5.65. The number of nitrogens with one attached hydrogen (secondary N) is 2. The van der Waals surface area contributed by atoms with Gasteiger partial charge < -0.3 is 0 Å². The molecule has 2 rings (SSSR count). The summed E-state index contributed by atoms with van der Waals surface area (Å²) in [7, 11) is 0. The molecule has 0 radical (unpaired) electrons. The van der Waals surface area contributed by atoms with Gasteiger partial charge in [0.15, 0.2) is 10.6 Å². The van der Waals surface area contributed by atoms with Crippen LogP contribution in [0.1, 0.15) is 25.6 Å². The van der Waals surface area contributed by atoms with Gasteiger partial charge in [-0.1, -0.05) is 0 Å². The Kier molecular flexibility index (Phi) is 2.93. The first-order chi connectivity index (χ1) is 8.00. The lowest BCUT2D eigenvalue weighted by atomic mass is 10.2. The van der Waals surface area contributed by atoms with Gasteiger partial charge in [-0.15, -0.1) is 0 Å². The summed E-state index contributed by atoms with van der Waals surface area (Å²) >= 11 is 5.14. The fourth-order valence-electron chi connectivity index (χ4n) is 1.65. The minimum absolute atomic E-state index is 0.129. The maximum atomic E-state index is 11.7. The van der Waals surface area contributed by atoms with Gasteiger partial charge in [-0.2, -0.15) is 10.2 Å². The zero-order valence-corrected chi connectivity index (χ0v) is 10.6. The third-order valence-corrected chi connectivity index (χ3v) is 2.68. The largest absolute Gasteiger partial charge is 0.297 e. The molecule has 2 heterocycles. The lowest BCUT2D eigenvalue weighted by Gasteiger charge is -2.09. The zero-order chi connectivity index (χ0) is 12.6. The van der Waals surface area contributed by atoms with Gasteiger partial charge in [-0.3, -0.25) is 14.5 Å². The van der Waals surface area contributed by atoms with E-state index in [-0.39, 0.29) is 11.6 Å². The van der Waals surface area contributed by atoms with E-state index < -0.39 is 0 Å². The molecule has 6 nitrogen and oxygen atoms in total. The van der Waals surface area contributed by atoms with Crippen LogP contribution in [0.15, 0.2) is 10.9 Å². The molecule has 0 aliphatic carbocycles. The highest BCUT2D eigenvalue weighted by Crippen LogP contribution is 2.17. The predicted octanol–water partition coefficient (Wildman–Crippen LogP) is 1.58. The smallest absolute Gasteiger partial charge is 0.275 e.